The average molecular weight is 423 g/mol. The van der Waals surface area contributed by atoms with Gasteiger partial charge in [-0.1, -0.05) is 12.1 Å². The van der Waals surface area contributed by atoms with Crippen molar-refractivity contribution in [3.8, 4) is 0 Å². The zero-order valence-corrected chi connectivity index (χ0v) is 18.0. The van der Waals surface area contributed by atoms with Gasteiger partial charge in [0.15, 0.2) is 0 Å². The summed E-state index contributed by atoms with van der Waals surface area (Å²) in [5, 5.41) is 6.08. The molecule has 0 saturated carbocycles. The number of hydrogen-bond acceptors (Lipinski definition) is 5. The second kappa shape index (κ2) is 9.83. The van der Waals surface area contributed by atoms with E-state index in [1.807, 2.05) is 54.3 Å². The first kappa shape index (κ1) is 21.2. The van der Waals surface area contributed by atoms with Crippen molar-refractivity contribution < 1.29 is 14.3 Å². The molecule has 0 aliphatic carbocycles. The summed E-state index contributed by atoms with van der Waals surface area (Å²) in [6.07, 6.45) is 2.10. The van der Waals surface area contributed by atoms with Crippen LogP contribution in [-0.4, -0.2) is 62.7 Å². The van der Waals surface area contributed by atoms with Gasteiger partial charge in [0.1, 0.15) is 0 Å². The van der Waals surface area contributed by atoms with Gasteiger partial charge in [0.2, 0.25) is 5.91 Å². The lowest BCUT2D eigenvalue weighted by Gasteiger charge is -2.28. The van der Waals surface area contributed by atoms with E-state index in [-0.39, 0.29) is 18.4 Å². The normalized spacial score (nSPS) is 16.3. The summed E-state index contributed by atoms with van der Waals surface area (Å²) in [4.78, 5) is 29.6. The van der Waals surface area contributed by atoms with Crippen molar-refractivity contribution in [2.24, 2.45) is 0 Å². The Balaban J connectivity index is 1.35. The molecular formula is C24H30N4O3. The van der Waals surface area contributed by atoms with Crippen LogP contribution in [0.4, 0.5) is 17.1 Å². The highest BCUT2D eigenvalue weighted by atomic mass is 16.5. The fourth-order valence-corrected chi connectivity index (χ4v) is 4.14. The average Bonchev–Trinajstić information content (AvgIpc) is 3.33. The van der Waals surface area contributed by atoms with Crippen LogP contribution in [0.3, 0.4) is 0 Å². The first-order valence-corrected chi connectivity index (χ1v) is 11.0. The van der Waals surface area contributed by atoms with Crippen LogP contribution in [0.25, 0.3) is 0 Å². The number of morpholine rings is 1. The molecule has 2 aromatic rings. The monoisotopic (exact) mass is 422 g/mol. The number of amides is 2. The molecule has 0 bridgehead atoms. The van der Waals surface area contributed by atoms with Gasteiger partial charge in [-0.3, -0.25) is 9.59 Å². The quantitative estimate of drug-likeness (QED) is 0.748. The summed E-state index contributed by atoms with van der Waals surface area (Å²) in [6.45, 7) is 6.87. The Bertz CT molecular complexity index is 917. The fraction of sp³-hybridized carbons (Fsp3) is 0.417. The maximum Gasteiger partial charge on any atom is 0.256 e. The van der Waals surface area contributed by atoms with Crippen LogP contribution in [-0.2, 0) is 9.53 Å². The van der Waals surface area contributed by atoms with Crippen LogP contribution in [0.1, 0.15) is 28.8 Å². The molecule has 2 saturated heterocycles. The zero-order chi connectivity index (χ0) is 21.6. The maximum atomic E-state index is 13.0. The third kappa shape index (κ3) is 5.17. The number of carbonyl (C=O) groups is 2. The Morgan fingerprint density at radius 1 is 0.968 bits per heavy atom. The molecule has 7 heteroatoms. The summed E-state index contributed by atoms with van der Waals surface area (Å²) in [6, 6.07) is 13.6. The number of anilines is 3. The van der Waals surface area contributed by atoms with Crippen molar-refractivity contribution in [2.75, 3.05) is 61.5 Å². The van der Waals surface area contributed by atoms with Crippen molar-refractivity contribution >= 4 is 28.9 Å². The zero-order valence-electron chi connectivity index (χ0n) is 18.0. The van der Waals surface area contributed by atoms with Gasteiger partial charge in [0.05, 0.1) is 25.3 Å². The van der Waals surface area contributed by atoms with Gasteiger partial charge in [0.25, 0.3) is 5.91 Å². The smallest absolute Gasteiger partial charge is 0.256 e. The lowest BCUT2D eigenvalue weighted by molar-refractivity contribution is -0.114. The van der Waals surface area contributed by atoms with Crippen LogP contribution in [0, 0.1) is 6.92 Å². The van der Waals surface area contributed by atoms with Crippen LogP contribution in [0.2, 0.25) is 0 Å². The molecule has 2 amide bonds. The molecule has 0 spiro atoms. The van der Waals surface area contributed by atoms with Crippen LogP contribution in [0.15, 0.2) is 42.5 Å². The highest BCUT2D eigenvalue weighted by Gasteiger charge is 2.23. The standard InChI is InChI=1S/C24H30N4O3/c1-18-5-4-6-21(23(18)24(30)28-11-2-3-12-28)25-17-22(29)26-19-7-9-20(10-8-19)27-13-15-31-16-14-27/h4-10,25H,2-3,11-17H2,1H3,(H,26,29). The molecule has 2 fully saturated rings. The summed E-state index contributed by atoms with van der Waals surface area (Å²) in [7, 11) is 0. The van der Waals surface area contributed by atoms with E-state index in [1.165, 1.54) is 0 Å². The third-order valence-electron chi connectivity index (χ3n) is 5.85. The lowest BCUT2D eigenvalue weighted by atomic mass is 10.0. The van der Waals surface area contributed by atoms with E-state index in [1.54, 1.807) is 0 Å². The SMILES string of the molecule is Cc1cccc(NCC(=O)Nc2ccc(N3CCOCC3)cc2)c1C(=O)N1CCCC1. The molecule has 0 atom stereocenters. The molecule has 2 heterocycles. The molecule has 0 aromatic heterocycles. The van der Waals surface area contributed by atoms with Gasteiger partial charge in [0, 0.05) is 43.2 Å². The molecule has 4 rings (SSSR count). The van der Waals surface area contributed by atoms with Crippen LogP contribution in [0.5, 0.6) is 0 Å². The minimum atomic E-state index is -0.153. The Morgan fingerprint density at radius 2 is 1.68 bits per heavy atom. The predicted molar refractivity (Wildman–Crippen MR) is 123 cm³/mol. The molecule has 2 aliphatic rings. The summed E-state index contributed by atoms with van der Waals surface area (Å²) < 4.78 is 5.39. The van der Waals surface area contributed by atoms with E-state index in [0.717, 1.165) is 69.2 Å². The third-order valence-corrected chi connectivity index (χ3v) is 5.85. The summed E-state index contributed by atoms with van der Waals surface area (Å²) >= 11 is 0. The number of benzene rings is 2. The van der Waals surface area contributed by atoms with Crippen molar-refractivity contribution in [3.63, 3.8) is 0 Å². The van der Waals surface area contributed by atoms with Gasteiger partial charge in [-0.25, -0.2) is 0 Å². The molecule has 0 unspecified atom stereocenters. The van der Waals surface area contributed by atoms with Crippen molar-refractivity contribution in [2.45, 2.75) is 19.8 Å². The molecule has 2 aromatic carbocycles. The van der Waals surface area contributed by atoms with E-state index in [4.69, 9.17) is 4.74 Å². The number of nitrogens with zero attached hydrogens (tertiary/aromatic N) is 2. The van der Waals surface area contributed by atoms with E-state index in [9.17, 15) is 9.59 Å². The number of nitrogens with one attached hydrogen (secondary N) is 2. The molecule has 7 nitrogen and oxygen atoms in total. The van der Waals surface area contributed by atoms with Gasteiger partial charge >= 0.3 is 0 Å². The number of likely N-dealkylation sites (tertiary alicyclic amines) is 1. The first-order chi connectivity index (χ1) is 15.1. The molecule has 2 N–H and O–H groups in total. The maximum absolute atomic E-state index is 13.0. The number of ether oxygens (including phenoxy) is 1. The Kier molecular flexibility index (Phi) is 6.72. The number of carbonyl (C=O) groups excluding carboxylic acids is 2. The van der Waals surface area contributed by atoms with Crippen molar-refractivity contribution in [1.82, 2.24) is 4.90 Å². The van der Waals surface area contributed by atoms with Crippen LogP contribution >= 0.6 is 0 Å². The molecule has 164 valence electrons. The Labute approximate surface area is 183 Å². The summed E-state index contributed by atoms with van der Waals surface area (Å²) in [5.41, 5.74) is 4.16. The van der Waals surface area contributed by atoms with Gasteiger partial charge < -0.3 is 25.2 Å². The Hall–Kier alpha value is -3.06. The minimum absolute atomic E-state index is 0.0391. The topological polar surface area (TPSA) is 73.9 Å². The van der Waals surface area contributed by atoms with E-state index < -0.39 is 0 Å². The summed E-state index contributed by atoms with van der Waals surface area (Å²) in [5.74, 6) is -0.114. The first-order valence-electron chi connectivity index (χ1n) is 11.0. The second-order valence-corrected chi connectivity index (χ2v) is 8.04. The van der Waals surface area contributed by atoms with Crippen molar-refractivity contribution in [1.29, 1.82) is 0 Å². The van der Waals surface area contributed by atoms with Gasteiger partial charge in [-0.2, -0.15) is 0 Å². The lowest BCUT2D eigenvalue weighted by Crippen LogP contribution is -2.36. The Morgan fingerprint density at radius 3 is 2.39 bits per heavy atom. The number of rotatable bonds is 6. The number of aryl methyl sites for hydroxylation is 1. The van der Waals surface area contributed by atoms with Gasteiger partial charge in [-0.15, -0.1) is 0 Å². The van der Waals surface area contributed by atoms with E-state index >= 15 is 0 Å². The molecular weight excluding hydrogens is 392 g/mol. The fourth-order valence-electron chi connectivity index (χ4n) is 4.14. The molecule has 2 aliphatic heterocycles. The largest absolute Gasteiger partial charge is 0.378 e. The van der Waals surface area contributed by atoms with Crippen LogP contribution < -0.4 is 15.5 Å². The number of hydrogen-bond donors (Lipinski definition) is 2. The minimum Gasteiger partial charge on any atom is -0.378 e. The van der Waals surface area contributed by atoms with Crippen molar-refractivity contribution in [3.05, 3.63) is 53.6 Å². The van der Waals surface area contributed by atoms with E-state index in [2.05, 4.69) is 15.5 Å². The highest BCUT2D eigenvalue weighted by molar-refractivity contribution is 6.02. The van der Waals surface area contributed by atoms with E-state index in [0.29, 0.717) is 11.3 Å². The highest BCUT2D eigenvalue weighted by Crippen LogP contribution is 2.24. The molecule has 0 radical (unpaired) electrons. The molecule has 31 heavy (non-hydrogen) atoms. The predicted octanol–water partition coefficient (Wildman–Crippen LogP) is 3.12. The second-order valence-electron chi connectivity index (χ2n) is 8.04. The van der Waals surface area contributed by atoms with Gasteiger partial charge in [-0.05, 0) is 55.7 Å².